The lowest BCUT2D eigenvalue weighted by Crippen LogP contribution is -2.50. The zero-order chi connectivity index (χ0) is 16.2. The van der Waals surface area contributed by atoms with Crippen molar-refractivity contribution in [3.8, 4) is 0 Å². The summed E-state index contributed by atoms with van der Waals surface area (Å²) in [7, 11) is 0. The molecule has 1 N–H and O–H groups in total. The Labute approximate surface area is 166 Å². The molecule has 2 aliphatic heterocycles. The molecule has 1 aromatic rings. The number of nitrogens with one attached hydrogen (secondary N) is 1. The Kier molecular flexibility index (Phi) is 9.59. The van der Waals surface area contributed by atoms with E-state index in [0.717, 1.165) is 68.1 Å². The molecular formula is C16H28Cl2N4O2S. The van der Waals surface area contributed by atoms with E-state index in [1.54, 1.807) is 0 Å². The van der Waals surface area contributed by atoms with Gasteiger partial charge < -0.3 is 14.6 Å². The molecule has 1 amide bonds. The summed E-state index contributed by atoms with van der Waals surface area (Å²) in [6.45, 7) is 9.05. The van der Waals surface area contributed by atoms with Gasteiger partial charge in [-0.1, -0.05) is 0 Å². The second-order valence-electron chi connectivity index (χ2n) is 6.34. The van der Waals surface area contributed by atoms with Gasteiger partial charge >= 0.3 is 0 Å². The maximum atomic E-state index is 12.4. The Morgan fingerprint density at radius 1 is 1.28 bits per heavy atom. The number of aryl methyl sites for hydroxylation is 2. The molecule has 1 aromatic heterocycles. The van der Waals surface area contributed by atoms with Crippen molar-refractivity contribution in [1.29, 1.82) is 0 Å². The zero-order valence-electron chi connectivity index (χ0n) is 14.8. The summed E-state index contributed by atoms with van der Waals surface area (Å²) in [4.78, 5) is 21.2. The van der Waals surface area contributed by atoms with E-state index >= 15 is 0 Å². The topological polar surface area (TPSA) is 61.6 Å². The normalized spacial score (nSPS) is 21.4. The quantitative estimate of drug-likeness (QED) is 0.817. The third-order valence-electron chi connectivity index (χ3n) is 4.58. The first kappa shape index (κ1) is 22.6. The molecule has 1 unspecified atom stereocenters. The first-order valence-corrected chi connectivity index (χ1v) is 9.51. The van der Waals surface area contributed by atoms with Crippen LogP contribution in [0.15, 0.2) is 4.42 Å². The molecule has 2 saturated heterocycles. The lowest BCUT2D eigenvalue weighted by molar-refractivity contribution is -0.133. The molecule has 1 atom stereocenters. The maximum absolute atomic E-state index is 12.4. The number of carbonyl (C=O) groups excluding carboxylic acids is 1. The fraction of sp³-hybridized carbons (Fsp3) is 0.750. The molecule has 3 rings (SSSR count). The van der Waals surface area contributed by atoms with Crippen molar-refractivity contribution in [3.05, 3.63) is 17.3 Å². The van der Waals surface area contributed by atoms with Crippen molar-refractivity contribution in [2.24, 2.45) is 0 Å². The van der Waals surface area contributed by atoms with Crippen molar-refractivity contribution in [2.45, 2.75) is 32.9 Å². The molecule has 9 heteroatoms. The highest BCUT2D eigenvalue weighted by molar-refractivity contribution is 7.99. The van der Waals surface area contributed by atoms with Gasteiger partial charge in [-0.05, 0) is 13.8 Å². The minimum absolute atomic E-state index is 0. The van der Waals surface area contributed by atoms with Crippen LogP contribution in [-0.2, 0) is 11.3 Å². The number of nitrogens with zero attached hydrogens (tertiary/aromatic N) is 3. The molecule has 25 heavy (non-hydrogen) atoms. The minimum Gasteiger partial charge on any atom is -0.444 e. The SMILES string of the molecule is Cc1nc(CN2CCN(C(=O)CC3CSCCN3)CC2)oc1C.Cl.Cl. The average Bonchev–Trinajstić information content (AvgIpc) is 2.87. The fourth-order valence-electron chi connectivity index (χ4n) is 3.04. The van der Waals surface area contributed by atoms with Gasteiger partial charge in [0.05, 0.1) is 12.2 Å². The molecule has 0 aromatic carbocycles. The Hall–Kier alpha value is -0.470. The number of amides is 1. The number of hydrogen-bond acceptors (Lipinski definition) is 6. The van der Waals surface area contributed by atoms with E-state index in [1.807, 2.05) is 30.5 Å². The van der Waals surface area contributed by atoms with Crippen molar-refractivity contribution in [1.82, 2.24) is 20.1 Å². The summed E-state index contributed by atoms with van der Waals surface area (Å²) >= 11 is 1.94. The first-order chi connectivity index (χ1) is 11.1. The summed E-state index contributed by atoms with van der Waals surface area (Å²) in [5.41, 5.74) is 0.965. The van der Waals surface area contributed by atoms with Gasteiger partial charge in [-0.15, -0.1) is 24.8 Å². The predicted octanol–water partition coefficient (Wildman–Crippen LogP) is 1.87. The summed E-state index contributed by atoms with van der Waals surface area (Å²) < 4.78 is 5.65. The Balaban J connectivity index is 0.00000156. The van der Waals surface area contributed by atoms with Crippen LogP contribution in [-0.4, -0.2) is 71.0 Å². The van der Waals surface area contributed by atoms with Gasteiger partial charge in [-0.25, -0.2) is 4.98 Å². The zero-order valence-corrected chi connectivity index (χ0v) is 17.3. The van der Waals surface area contributed by atoms with E-state index in [2.05, 4.69) is 15.2 Å². The van der Waals surface area contributed by atoms with E-state index in [0.29, 0.717) is 12.5 Å². The molecule has 6 nitrogen and oxygen atoms in total. The highest BCUT2D eigenvalue weighted by Crippen LogP contribution is 2.15. The van der Waals surface area contributed by atoms with Gasteiger partial charge in [-0.3, -0.25) is 9.69 Å². The summed E-state index contributed by atoms with van der Waals surface area (Å²) in [6, 6.07) is 0.345. The van der Waals surface area contributed by atoms with Gasteiger partial charge in [0.1, 0.15) is 5.76 Å². The lowest BCUT2D eigenvalue weighted by Gasteiger charge is -2.35. The summed E-state index contributed by atoms with van der Waals surface area (Å²) in [5, 5.41) is 3.44. The fourth-order valence-corrected chi connectivity index (χ4v) is 3.99. The van der Waals surface area contributed by atoms with Crippen LogP contribution < -0.4 is 5.32 Å². The average molecular weight is 411 g/mol. The smallest absolute Gasteiger partial charge is 0.224 e. The highest BCUT2D eigenvalue weighted by Gasteiger charge is 2.25. The molecule has 0 spiro atoms. The number of carbonyl (C=O) groups is 1. The van der Waals surface area contributed by atoms with Crippen LogP contribution in [0.2, 0.25) is 0 Å². The molecular weight excluding hydrogens is 383 g/mol. The van der Waals surface area contributed by atoms with Crippen LogP contribution in [0.25, 0.3) is 0 Å². The minimum atomic E-state index is 0. The number of halogens is 2. The Morgan fingerprint density at radius 2 is 2.00 bits per heavy atom. The number of aromatic nitrogens is 1. The Bertz CT molecular complexity index is 525. The van der Waals surface area contributed by atoms with Crippen molar-refractivity contribution in [2.75, 3.05) is 44.2 Å². The van der Waals surface area contributed by atoms with Gasteiger partial charge in [-0.2, -0.15) is 11.8 Å². The molecule has 0 aliphatic carbocycles. The second-order valence-corrected chi connectivity index (χ2v) is 7.49. The van der Waals surface area contributed by atoms with Crippen LogP contribution in [0.5, 0.6) is 0 Å². The van der Waals surface area contributed by atoms with E-state index in [4.69, 9.17) is 4.42 Å². The molecule has 144 valence electrons. The molecule has 2 aliphatic rings. The standard InChI is InChI=1S/C16H26N4O2S.2ClH/c1-12-13(2)22-15(18-12)10-19-4-6-20(7-5-19)16(21)9-14-11-23-8-3-17-14;;/h14,17H,3-11H2,1-2H3;2*1H. The van der Waals surface area contributed by atoms with Gasteiger partial charge in [0.2, 0.25) is 11.8 Å². The summed E-state index contributed by atoms with van der Waals surface area (Å²) in [5.74, 6) is 4.17. The molecule has 0 radical (unpaired) electrons. The van der Waals surface area contributed by atoms with Crippen molar-refractivity contribution in [3.63, 3.8) is 0 Å². The molecule has 3 heterocycles. The maximum Gasteiger partial charge on any atom is 0.224 e. The molecule has 0 bridgehead atoms. The van der Waals surface area contributed by atoms with Crippen LogP contribution >= 0.6 is 36.6 Å². The number of piperazine rings is 1. The van der Waals surface area contributed by atoms with Crippen molar-refractivity contribution >= 4 is 42.5 Å². The van der Waals surface area contributed by atoms with Gasteiger partial charge in [0.25, 0.3) is 0 Å². The number of rotatable bonds is 4. The van der Waals surface area contributed by atoms with Crippen LogP contribution in [0.1, 0.15) is 23.8 Å². The molecule has 0 saturated carbocycles. The van der Waals surface area contributed by atoms with Crippen LogP contribution in [0, 0.1) is 13.8 Å². The van der Waals surface area contributed by atoms with Gasteiger partial charge in [0, 0.05) is 56.7 Å². The lowest BCUT2D eigenvalue weighted by atomic mass is 10.2. The van der Waals surface area contributed by atoms with Gasteiger partial charge in [0.15, 0.2) is 0 Å². The second kappa shape index (κ2) is 10.6. The predicted molar refractivity (Wildman–Crippen MR) is 106 cm³/mol. The number of oxazole rings is 1. The van der Waals surface area contributed by atoms with E-state index in [9.17, 15) is 4.79 Å². The van der Waals surface area contributed by atoms with E-state index in [-0.39, 0.29) is 30.7 Å². The van der Waals surface area contributed by atoms with E-state index in [1.165, 1.54) is 0 Å². The molecule has 2 fully saturated rings. The largest absolute Gasteiger partial charge is 0.444 e. The third kappa shape index (κ3) is 6.32. The van der Waals surface area contributed by atoms with Crippen LogP contribution in [0.4, 0.5) is 0 Å². The van der Waals surface area contributed by atoms with Crippen LogP contribution in [0.3, 0.4) is 0 Å². The third-order valence-corrected chi connectivity index (χ3v) is 5.71. The summed E-state index contributed by atoms with van der Waals surface area (Å²) in [6.07, 6.45) is 0.630. The monoisotopic (exact) mass is 410 g/mol. The Morgan fingerprint density at radius 3 is 2.56 bits per heavy atom. The first-order valence-electron chi connectivity index (χ1n) is 8.36. The number of hydrogen-bond donors (Lipinski definition) is 1. The van der Waals surface area contributed by atoms with Crippen molar-refractivity contribution < 1.29 is 9.21 Å². The van der Waals surface area contributed by atoms with E-state index < -0.39 is 0 Å². The highest BCUT2D eigenvalue weighted by atomic mass is 35.5. The number of thioether (sulfide) groups is 1.